The first-order valence-corrected chi connectivity index (χ1v) is 7.64. The van der Waals surface area contributed by atoms with Gasteiger partial charge in [-0.25, -0.2) is 0 Å². The van der Waals surface area contributed by atoms with Crippen LogP contribution >= 0.6 is 0 Å². The van der Waals surface area contributed by atoms with Gasteiger partial charge in [0.1, 0.15) is 0 Å². The van der Waals surface area contributed by atoms with Crippen molar-refractivity contribution in [2.24, 2.45) is 11.1 Å². The summed E-state index contributed by atoms with van der Waals surface area (Å²) in [5, 5.41) is 0. The van der Waals surface area contributed by atoms with Gasteiger partial charge in [-0.3, -0.25) is 0 Å². The van der Waals surface area contributed by atoms with Crippen LogP contribution in [-0.2, 0) is 11.2 Å². The second-order valence-corrected chi connectivity index (χ2v) is 6.41. The lowest BCUT2D eigenvalue weighted by Gasteiger charge is -2.53. The highest BCUT2D eigenvalue weighted by Gasteiger charge is 2.50. The Morgan fingerprint density at radius 2 is 2.16 bits per heavy atom. The van der Waals surface area contributed by atoms with E-state index in [9.17, 15) is 0 Å². The first-order valence-electron chi connectivity index (χ1n) is 7.64. The van der Waals surface area contributed by atoms with Crippen molar-refractivity contribution in [1.29, 1.82) is 0 Å². The van der Waals surface area contributed by atoms with Crippen LogP contribution in [0.1, 0.15) is 56.8 Å². The molecule has 2 N–H and O–H groups in total. The molecule has 1 aromatic rings. The van der Waals surface area contributed by atoms with E-state index in [-0.39, 0.29) is 11.5 Å². The molecule has 0 amide bonds. The number of benzene rings is 1. The molecule has 4 unspecified atom stereocenters. The minimum Gasteiger partial charge on any atom is -0.370 e. The molecule has 3 rings (SSSR count). The molecule has 0 saturated heterocycles. The standard InChI is InChI=1S/C17H25NO/c1-3-17(2)15(18)11-16(17)19-14-10-6-8-12-7-4-5-9-13(12)14/h4-5,7,9,14-16H,3,6,8,10-11,18H2,1-2H3. The van der Waals surface area contributed by atoms with E-state index < -0.39 is 0 Å². The van der Waals surface area contributed by atoms with E-state index >= 15 is 0 Å². The number of aryl methyl sites for hydroxylation is 1. The summed E-state index contributed by atoms with van der Waals surface area (Å²) in [6, 6.07) is 9.06. The first-order chi connectivity index (χ1) is 9.15. The third kappa shape index (κ3) is 2.11. The largest absolute Gasteiger partial charge is 0.370 e. The monoisotopic (exact) mass is 259 g/mol. The highest BCUT2D eigenvalue weighted by Crippen LogP contribution is 2.47. The molecule has 0 bridgehead atoms. The fourth-order valence-corrected chi connectivity index (χ4v) is 3.60. The van der Waals surface area contributed by atoms with Crippen molar-refractivity contribution in [3.63, 3.8) is 0 Å². The molecule has 2 aliphatic rings. The van der Waals surface area contributed by atoms with Gasteiger partial charge in [0.05, 0.1) is 12.2 Å². The molecule has 1 fully saturated rings. The zero-order chi connectivity index (χ0) is 13.5. The molecule has 1 saturated carbocycles. The molecule has 2 nitrogen and oxygen atoms in total. The van der Waals surface area contributed by atoms with Crippen molar-refractivity contribution in [1.82, 2.24) is 0 Å². The number of hydrogen-bond donors (Lipinski definition) is 1. The molecule has 0 spiro atoms. The Hall–Kier alpha value is -0.860. The lowest BCUT2D eigenvalue weighted by atomic mass is 9.62. The van der Waals surface area contributed by atoms with Gasteiger partial charge in [-0.2, -0.15) is 0 Å². The predicted molar refractivity (Wildman–Crippen MR) is 78.0 cm³/mol. The van der Waals surface area contributed by atoms with E-state index in [1.807, 2.05) is 0 Å². The molecular formula is C17H25NO. The quantitative estimate of drug-likeness (QED) is 0.900. The maximum Gasteiger partial charge on any atom is 0.0831 e. The Morgan fingerprint density at radius 3 is 2.89 bits per heavy atom. The minimum absolute atomic E-state index is 0.173. The predicted octanol–water partition coefficient (Wildman–Crippen LogP) is 3.60. The smallest absolute Gasteiger partial charge is 0.0831 e. The molecule has 0 aliphatic heterocycles. The van der Waals surface area contributed by atoms with Crippen LogP contribution in [0.15, 0.2) is 24.3 Å². The van der Waals surface area contributed by atoms with Gasteiger partial charge in [-0.1, -0.05) is 38.1 Å². The fourth-order valence-electron chi connectivity index (χ4n) is 3.60. The summed E-state index contributed by atoms with van der Waals surface area (Å²) in [5.41, 5.74) is 9.23. The van der Waals surface area contributed by atoms with Crippen LogP contribution in [-0.4, -0.2) is 12.1 Å². The lowest BCUT2D eigenvalue weighted by Crippen LogP contribution is -2.60. The molecular weight excluding hydrogens is 234 g/mol. The number of fused-ring (bicyclic) bond motifs is 1. The normalized spacial score (nSPS) is 37.5. The SMILES string of the molecule is CCC1(C)C(N)CC1OC1CCCc2ccccc21. The van der Waals surface area contributed by atoms with Crippen LogP contribution in [0.25, 0.3) is 0 Å². The van der Waals surface area contributed by atoms with Gasteiger partial charge >= 0.3 is 0 Å². The van der Waals surface area contributed by atoms with Crippen molar-refractivity contribution in [3.8, 4) is 0 Å². The number of nitrogens with two attached hydrogens (primary N) is 1. The molecule has 104 valence electrons. The third-order valence-corrected chi connectivity index (χ3v) is 5.46. The van der Waals surface area contributed by atoms with Crippen LogP contribution < -0.4 is 5.73 Å². The topological polar surface area (TPSA) is 35.2 Å². The van der Waals surface area contributed by atoms with Crippen molar-refractivity contribution >= 4 is 0 Å². The van der Waals surface area contributed by atoms with Gasteiger partial charge in [0.2, 0.25) is 0 Å². The van der Waals surface area contributed by atoms with Crippen LogP contribution in [0, 0.1) is 5.41 Å². The average molecular weight is 259 g/mol. The molecule has 2 aliphatic carbocycles. The van der Waals surface area contributed by atoms with Crippen molar-refractivity contribution in [3.05, 3.63) is 35.4 Å². The number of rotatable bonds is 3. The van der Waals surface area contributed by atoms with Crippen LogP contribution in [0.2, 0.25) is 0 Å². The van der Waals surface area contributed by atoms with Gasteiger partial charge in [-0.15, -0.1) is 0 Å². The van der Waals surface area contributed by atoms with Gasteiger partial charge in [0.15, 0.2) is 0 Å². The Labute approximate surface area is 116 Å². The minimum atomic E-state index is 0.173. The van der Waals surface area contributed by atoms with Crippen molar-refractivity contribution in [2.75, 3.05) is 0 Å². The highest BCUT2D eigenvalue weighted by molar-refractivity contribution is 5.31. The van der Waals surface area contributed by atoms with Gasteiger partial charge in [-0.05, 0) is 43.2 Å². The number of hydrogen-bond acceptors (Lipinski definition) is 2. The Morgan fingerprint density at radius 1 is 1.37 bits per heavy atom. The van der Waals surface area contributed by atoms with E-state index in [2.05, 4.69) is 38.1 Å². The van der Waals surface area contributed by atoms with Crippen molar-refractivity contribution < 1.29 is 4.74 Å². The third-order valence-electron chi connectivity index (χ3n) is 5.46. The van der Waals surface area contributed by atoms with E-state index in [1.165, 1.54) is 24.0 Å². The average Bonchev–Trinajstić information content (AvgIpc) is 2.46. The maximum absolute atomic E-state index is 6.45. The molecule has 0 radical (unpaired) electrons. The number of ether oxygens (including phenoxy) is 1. The Bertz CT molecular complexity index is 458. The summed E-state index contributed by atoms with van der Waals surface area (Å²) < 4.78 is 6.45. The molecule has 0 aromatic heterocycles. The Kier molecular flexibility index (Phi) is 3.40. The fraction of sp³-hybridized carbons (Fsp3) is 0.647. The second kappa shape index (κ2) is 4.92. The Balaban J connectivity index is 1.75. The second-order valence-electron chi connectivity index (χ2n) is 6.41. The summed E-state index contributed by atoms with van der Waals surface area (Å²) in [5.74, 6) is 0. The summed E-state index contributed by atoms with van der Waals surface area (Å²) >= 11 is 0. The molecule has 1 aromatic carbocycles. The van der Waals surface area contributed by atoms with Gasteiger partial charge < -0.3 is 10.5 Å². The van der Waals surface area contributed by atoms with Crippen LogP contribution in [0.3, 0.4) is 0 Å². The highest BCUT2D eigenvalue weighted by atomic mass is 16.5. The summed E-state index contributed by atoms with van der Waals surface area (Å²) in [7, 11) is 0. The van der Waals surface area contributed by atoms with Gasteiger partial charge in [0.25, 0.3) is 0 Å². The van der Waals surface area contributed by atoms with E-state index in [0.29, 0.717) is 12.1 Å². The molecule has 2 heteroatoms. The van der Waals surface area contributed by atoms with E-state index in [1.54, 1.807) is 0 Å². The zero-order valence-corrected chi connectivity index (χ0v) is 12.1. The molecule has 4 atom stereocenters. The zero-order valence-electron chi connectivity index (χ0n) is 12.1. The van der Waals surface area contributed by atoms with Crippen molar-refractivity contribution in [2.45, 2.75) is 64.2 Å². The van der Waals surface area contributed by atoms with Crippen LogP contribution in [0.4, 0.5) is 0 Å². The molecule has 0 heterocycles. The van der Waals surface area contributed by atoms with Crippen LogP contribution in [0.5, 0.6) is 0 Å². The summed E-state index contributed by atoms with van der Waals surface area (Å²) in [6.07, 6.45) is 6.34. The van der Waals surface area contributed by atoms with E-state index in [4.69, 9.17) is 10.5 Å². The summed E-state index contributed by atoms with van der Waals surface area (Å²) in [6.45, 7) is 4.50. The first kappa shape index (κ1) is 13.1. The van der Waals surface area contributed by atoms with Gasteiger partial charge in [0, 0.05) is 11.5 Å². The lowest BCUT2D eigenvalue weighted by molar-refractivity contribution is -0.154. The van der Waals surface area contributed by atoms with E-state index in [0.717, 1.165) is 19.3 Å². The summed E-state index contributed by atoms with van der Waals surface area (Å²) in [4.78, 5) is 0. The maximum atomic E-state index is 6.45. The molecule has 19 heavy (non-hydrogen) atoms.